The minimum absolute atomic E-state index is 0.0361. The molecule has 2 unspecified atom stereocenters. The van der Waals surface area contributed by atoms with Gasteiger partial charge in [-0.3, -0.25) is 4.79 Å². The molecule has 1 aromatic carbocycles. The van der Waals surface area contributed by atoms with Crippen molar-refractivity contribution >= 4 is 17.5 Å². The Bertz CT molecular complexity index is 467. The molecule has 0 saturated heterocycles. The first kappa shape index (κ1) is 14.3. The zero-order valence-corrected chi connectivity index (χ0v) is 11.3. The number of hydrogen-bond donors (Lipinski definition) is 2. The number of halogens is 2. The molecule has 1 aliphatic rings. The monoisotopic (exact) mass is 285 g/mol. The molecule has 2 N–H and O–H groups in total. The summed E-state index contributed by atoms with van der Waals surface area (Å²) in [5, 5.41) is 12.3. The molecular weight excluding hydrogens is 269 g/mol. The van der Waals surface area contributed by atoms with Crippen molar-refractivity contribution in [2.75, 3.05) is 13.2 Å². The van der Waals surface area contributed by atoms with Crippen molar-refractivity contribution in [3.63, 3.8) is 0 Å². The smallest absolute Gasteiger partial charge is 0.254 e. The summed E-state index contributed by atoms with van der Waals surface area (Å²) in [5.74, 6) is -0.517. The predicted molar refractivity (Wildman–Crippen MR) is 71.7 cm³/mol. The number of nitrogens with one attached hydrogen (secondary N) is 1. The van der Waals surface area contributed by atoms with E-state index in [4.69, 9.17) is 11.6 Å². The summed E-state index contributed by atoms with van der Waals surface area (Å²) < 4.78 is 13.5. The van der Waals surface area contributed by atoms with Gasteiger partial charge in [0.25, 0.3) is 5.91 Å². The molecule has 2 atom stereocenters. The Labute approximate surface area is 116 Å². The molecule has 2 rings (SSSR count). The van der Waals surface area contributed by atoms with Gasteiger partial charge in [-0.15, -0.1) is 0 Å². The van der Waals surface area contributed by atoms with Gasteiger partial charge in [-0.1, -0.05) is 18.0 Å². The van der Waals surface area contributed by atoms with Crippen LogP contribution in [0.1, 0.15) is 29.6 Å². The summed E-state index contributed by atoms with van der Waals surface area (Å²) in [4.78, 5) is 11.9. The zero-order valence-electron chi connectivity index (χ0n) is 10.5. The standard InChI is InChI=1S/C14H17ClFNO2/c15-11-4-5-13(16)12(6-11)14(19)17-7-9-2-1-3-10(9)8-18/h4-6,9-10,18H,1-3,7-8H2,(H,17,19). The highest BCUT2D eigenvalue weighted by Crippen LogP contribution is 2.30. The van der Waals surface area contributed by atoms with Gasteiger partial charge in [-0.05, 0) is 42.9 Å². The first-order valence-corrected chi connectivity index (χ1v) is 6.83. The Hall–Kier alpha value is -1.13. The quantitative estimate of drug-likeness (QED) is 0.893. The van der Waals surface area contributed by atoms with E-state index < -0.39 is 11.7 Å². The molecule has 3 nitrogen and oxygen atoms in total. The third-order valence-corrected chi connectivity index (χ3v) is 3.98. The summed E-state index contributed by atoms with van der Waals surface area (Å²) in [6.07, 6.45) is 3.05. The molecule has 0 radical (unpaired) electrons. The summed E-state index contributed by atoms with van der Waals surface area (Å²) in [6, 6.07) is 3.92. The zero-order chi connectivity index (χ0) is 13.8. The number of aliphatic hydroxyl groups excluding tert-OH is 1. The van der Waals surface area contributed by atoms with Gasteiger partial charge in [-0.2, -0.15) is 0 Å². The summed E-state index contributed by atoms with van der Waals surface area (Å²) in [7, 11) is 0. The number of carbonyl (C=O) groups is 1. The highest BCUT2D eigenvalue weighted by Gasteiger charge is 2.27. The molecule has 1 amide bonds. The van der Waals surface area contributed by atoms with E-state index in [0.29, 0.717) is 11.6 Å². The van der Waals surface area contributed by atoms with Crippen LogP contribution in [0.4, 0.5) is 4.39 Å². The maximum atomic E-state index is 13.5. The number of aliphatic hydroxyl groups is 1. The Balaban J connectivity index is 1.96. The topological polar surface area (TPSA) is 49.3 Å². The Morgan fingerprint density at radius 2 is 2.16 bits per heavy atom. The van der Waals surface area contributed by atoms with Gasteiger partial charge >= 0.3 is 0 Å². The fraction of sp³-hybridized carbons (Fsp3) is 0.500. The van der Waals surface area contributed by atoms with Gasteiger partial charge in [0.15, 0.2) is 0 Å². The van der Waals surface area contributed by atoms with E-state index in [1.54, 1.807) is 0 Å². The van der Waals surface area contributed by atoms with Crippen molar-refractivity contribution in [1.82, 2.24) is 5.32 Å². The van der Waals surface area contributed by atoms with Gasteiger partial charge in [0.2, 0.25) is 0 Å². The number of amides is 1. The first-order valence-electron chi connectivity index (χ1n) is 6.46. The fourth-order valence-corrected chi connectivity index (χ4v) is 2.79. The van der Waals surface area contributed by atoms with Gasteiger partial charge in [-0.25, -0.2) is 4.39 Å². The third-order valence-electron chi connectivity index (χ3n) is 3.75. The average Bonchev–Trinajstić information content (AvgIpc) is 2.86. The lowest BCUT2D eigenvalue weighted by Crippen LogP contribution is -2.32. The Kier molecular flexibility index (Phi) is 4.77. The maximum Gasteiger partial charge on any atom is 0.254 e. The minimum Gasteiger partial charge on any atom is -0.396 e. The van der Waals surface area contributed by atoms with Crippen molar-refractivity contribution in [3.8, 4) is 0 Å². The molecular formula is C14H17ClFNO2. The molecule has 0 heterocycles. The lowest BCUT2D eigenvalue weighted by atomic mass is 9.97. The molecule has 5 heteroatoms. The molecule has 0 aliphatic heterocycles. The first-order chi connectivity index (χ1) is 9.11. The van der Waals surface area contributed by atoms with E-state index in [1.165, 1.54) is 18.2 Å². The van der Waals surface area contributed by atoms with Crippen LogP contribution in [-0.2, 0) is 0 Å². The van der Waals surface area contributed by atoms with E-state index >= 15 is 0 Å². The van der Waals surface area contributed by atoms with Gasteiger partial charge in [0.05, 0.1) is 5.56 Å². The van der Waals surface area contributed by atoms with Crippen LogP contribution in [-0.4, -0.2) is 24.2 Å². The van der Waals surface area contributed by atoms with Crippen LogP contribution in [0.3, 0.4) is 0 Å². The van der Waals surface area contributed by atoms with Crippen LogP contribution in [0.5, 0.6) is 0 Å². The normalized spacial score (nSPS) is 22.5. The van der Waals surface area contributed by atoms with Crippen LogP contribution in [0.15, 0.2) is 18.2 Å². The molecule has 1 saturated carbocycles. The van der Waals surface area contributed by atoms with Crippen molar-refractivity contribution < 1.29 is 14.3 Å². The van der Waals surface area contributed by atoms with Crippen molar-refractivity contribution in [3.05, 3.63) is 34.6 Å². The molecule has 1 aliphatic carbocycles. The summed E-state index contributed by atoms with van der Waals surface area (Å²) in [5.41, 5.74) is -0.0361. The summed E-state index contributed by atoms with van der Waals surface area (Å²) in [6.45, 7) is 0.613. The third kappa shape index (κ3) is 3.45. The molecule has 0 aromatic heterocycles. The van der Waals surface area contributed by atoms with Crippen molar-refractivity contribution in [1.29, 1.82) is 0 Å². The fourth-order valence-electron chi connectivity index (χ4n) is 2.61. The average molecular weight is 286 g/mol. The highest BCUT2D eigenvalue weighted by atomic mass is 35.5. The summed E-state index contributed by atoms with van der Waals surface area (Å²) >= 11 is 5.75. The van der Waals surface area contributed by atoms with E-state index in [2.05, 4.69) is 5.32 Å². The van der Waals surface area contributed by atoms with Crippen LogP contribution in [0.25, 0.3) is 0 Å². The van der Waals surface area contributed by atoms with E-state index in [-0.39, 0.29) is 24.0 Å². The van der Waals surface area contributed by atoms with Gasteiger partial charge in [0, 0.05) is 18.2 Å². The number of hydrogen-bond acceptors (Lipinski definition) is 2. The molecule has 0 bridgehead atoms. The Morgan fingerprint density at radius 3 is 2.89 bits per heavy atom. The number of benzene rings is 1. The van der Waals surface area contributed by atoms with Gasteiger partial charge < -0.3 is 10.4 Å². The van der Waals surface area contributed by atoms with Crippen LogP contribution in [0.2, 0.25) is 5.02 Å². The van der Waals surface area contributed by atoms with Crippen LogP contribution in [0, 0.1) is 17.7 Å². The number of rotatable bonds is 4. The number of carbonyl (C=O) groups excluding carboxylic acids is 1. The van der Waals surface area contributed by atoms with Crippen LogP contribution < -0.4 is 5.32 Å². The second-order valence-corrected chi connectivity index (χ2v) is 5.40. The van der Waals surface area contributed by atoms with Crippen molar-refractivity contribution in [2.24, 2.45) is 11.8 Å². The molecule has 19 heavy (non-hydrogen) atoms. The van der Waals surface area contributed by atoms with Crippen molar-refractivity contribution in [2.45, 2.75) is 19.3 Å². The minimum atomic E-state index is -0.577. The lowest BCUT2D eigenvalue weighted by Gasteiger charge is -2.17. The van der Waals surface area contributed by atoms with E-state index in [1.807, 2.05) is 0 Å². The highest BCUT2D eigenvalue weighted by molar-refractivity contribution is 6.30. The van der Waals surface area contributed by atoms with Gasteiger partial charge in [0.1, 0.15) is 5.82 Å². The maximum absolute atomic E-state index is 13.5. The van der Waals surface area contributed by atoms with Crippen LogP contribution >= 0.6 is 11.6 Å². The van der Waals surface area contributed by atoms with E-state index in [0.717, 1.165) is 19.3 Å². The lowest BCUT2D eigenvalue weighted by molar-refractivity contribution is 0.0933. The molecule has 0 spiro atoms. The Morgan fingerprint density at radius 1 is 1.42 bits per heavy atom. The molecule has 1 aromatic rings. The molecule has 1 fully saturated rings. The second-order valence-electron chi connectivity index (χ2n) is 4.97. The largest absolute Gasteiger partial charge is 0.396 e. The predicted octanol–water partition coefficient (Wildman–Crippen LogP) is 2.62. The SMILES string of the molecule is O=C(NCC1CCCC1CO)c1cc(Cl)ccc1F. The second kappa shape index (κ2) is 6.35. The molecule has 104 valence electrons. The van der Waals surface area contributed by atoms with E-state index in [9.17, 15) is 14.3 Å².